The van der Waals surface area contributed by atoms with E-state index in [9.17, 15) is 4.79 Å². The Labute approximate surface area is 106 Å². The number of hydrazine groups is 1. The lowest BCUT2D eigenvalue weighted by molar-refractivity contribution is -0.145. The molecule has 1 saturated heterocycles. The fourth-order valence-electron chi connectivity index (χ4n) is 3.26. The summed E-state index contributed by atoms with van der Waals surface area (Å²) in [6.07, 6.45) is 2.51. The quantitative estimate of drug-likeness (QED) is 0.740. The maximum atomic E-state index is 12.5. The van der Waals surface area contributed by atoms with E-state index in [-0.39, 0.29) is 5.91 Å². The zero-order valence-electron chi connectivity index (χ0n) is 10.3. The van der Waals surface area contributed by atoms with Crippen molar-refractivity contribution in [3.8, 4) is 0 Å². The highest BCUT2D eigenvalue weighted by Crippen LogP contribution is 2.51. The molecule has 0 radical (unpaired) electrons. The van der Waals surface area contributed by atoms with Crippen molar-refractivity contribution in [1.29, 1.82) is 0 Å². The van der Waals surface area contributed by atoms with Crippen molar-refractivity contribution in [3.05, 3.63) is 35.4 Å². The Kier molecular flexibility index (Phi) is 1.95. The summed E-state index contributed by atoms with van der Waals surface area (Å²) in [7, 11) is 0. The van der Waals surface area contributed by atoms with E-state index in [4.69, 9.17) is 5.73 Å². The fourth-order valence-corrected chi connectivity index (χ4v) is 3.26. The molecule has 1 aliphatic carbocycles. The predicted octanol–water partition coefficient (Wildman–Crippen LogP) is 1.04. The lowest BCUT2D eigenvalue weighted by Gasteiger charge is -2.26. The Bertz CT molecular complexity index is 524. The fraction of sp³-hybridized carbons (Fsp3) is 0.500. The number of amides is 1. The molecule has 4 nitrogen and oxygen atoms in total. The van der Waals surface area contributed by atoms with Gasteiger partial charge < -0.3 is 5.73 Å². The Balaban J connectivity index is 1.77. The average Bonchev–Trinajstić information content (AvgIpc) is 3.04. The molecule has 0 bridgehead atoms. The zero-order chi connectivity index (χ0) is 12.3. The minimum absolute atomic E-state index is 0.0590. The number of carbonyl (C=O) groups is 1. The van der Waals surface area contributed by atoms with Gasteiger partial charge in [0.05, 0.1) is 0 Å². The van der Waals surface area contributed by atoms with E-state index in [2.05, 4.69) is 11.1 Å². The van der Waals surface area contributed by atoms with E-state index in [1.54, 1.807) is 0 Å². The lowest BCUT2D eigenvalue weighted by Crippen LogP contribution is -2.42. The molecule has 1 aromatic carbocycles. The predicted molar refractivity (Wildman–Crippen MR) is 67.2 cm³/mol. The minimum Gasteiger partial charge on any atom is -0.316 e. The van der Waals surface area contributed by atoms with Gasteiger partial charge in [0.25, 0.3) is 5.91 Å². The molecule has 4 heteroatoms. The molecule has 1 amide bonds. The Morgan fingerprint density at radius 3 is 2.78 bits per heavy atom. The second kappa shape index (κ2) is 3.33. The van der Waals surface area contributed by atoms with Crippen molar-refractivity contribution in [2.24, 2.45) is 11.1 Å². The van der Waals surface area contributed by atoms with Crippen LogP contribution in [0.5, 0.6) is 0 Å². The summed E-state index contributed by atoms with van der Waals surface area (Å²) in [5, 5.41) is 4.10. The molecule has 0 aromatic heterocycles. The van der Waals surface area contributed by atoms with E-state index in [0.29, 0.717) is 5.41 Å². The Morgan fingerprint density at radius 2 is 2.00 bits per heavy atom. The van der Waals surface area contributed by atoms with Gasteiger partial charge in [-0.05, 0) is 24.0 Å². The molecule has 2 N–H and O–H groups in total. The summed E-state index contributed by atoms with van der Waals surface area (Å²) < 4.78 is 0. The van der Waals surface area contributed by atoms with Crippen molar-refractivity contribution in [2.75, 3.05) is 13.1 Å². The van der Waals surface area contributed by atoms with Gasteiger partial charge in [-0.15, -0.1) is 0 Å². The van der Waals surface area contributed by atoms with Gasteiger partial charge in [0.15, 0.2) is 0 Å². The number of rotatable bonds is 0. The van der Waals surface area contributed by atoms with Gasteiger partial charge >= 0.3 is 0 Å². The van der Waals surface area contributed by atoms with Gasteiger partial charge in [-0.2, -0.15) is 0 Å². The average molecular weight is 243 g/mol. The van der Waals surface area contributed by atoms with E-state index < -0.39 is 6.04 Å². The van der Waals surface area contributed by atoms with Crippen molar-refractivity contribution in [2.45, 2.75) is 25.4 Å². The zero-order valence-corrected chi connectivity index (χ0v) is 10.3. The Morgan fingerprint density at radius 1 is 1.22 bits per heavy atom. The van der Waals surface area contributed by atoms with Crippen molar-refractivity contribution in [3.63, 3.8) is 0 Å². The topological polar surface area (TPSA) is 49.6 Å². The molecule has 18 heavy (non-hydrogen) atoms. The number of benzene rings is 1. The third-order valence-corrected chi connectivity index (χ3v) is 4.57. The van der Waals surface area contributed by atoms with Gasteiger partial charge in [-0.25, -0.2) is 5.01 Å². The van der Waals surface area contributed by atoms with Crippen LogP contribution in [0.1, 0.15) is 30.0 Å². The summed E-state index contributed by atoms with van der Waals surface area (Å²) in [6.45, 7) is 2.70. The summed E-state index contributed by atoms with van der Waals surface area (Å²) >= 11 is 0. The molecule has 2 heterocycles. The number of hydrogen-bond donors (Lipinski definition) is 1. The number of nitrogens with two attached hydrogens (primary N) is 1. The Hall–Kier alpha value is -1.39. The van der Waals surface area contributed by atoms with E-state index in [1.807, 2.05) is 23.2 Å². The van der Waals surface area contributed by atoms with Crippen LogP contribution in [0.15, 0.2) is 24.3 Å². The van der Waals surface area contributed by atoms with Crippen molar-refractivity contribution >= 4 is 5.91 Å². The maximum absolute atomic E-state index is 12.5. The van der Waals surface area contributed by atoms with Gasteiger partial charge in [0.2, 0.25) is 0 Å². The van der Waals surface area contributed by atoms with Crippen LogP contribution in [-0.4, -0.2) is 29.0 Å². The van der Waals surface area contributed by atoms with E-state index >= 15 is 0 Å². The molecule has 1 spiro atoms. The molecule has 1 atom stereocenters. The SMILES string of the molecule is NC1C(=O)N2CC3(CC3)CN2Cc2ccccc21. The van der Waals surface area contributed by atoms with Gasteiger partial charge in [0.1, 0.15) is 6.04 Å². The van der Waals surface area contributed by atoms with E-state index in [1.165, 1.54) is 18.4 Å². The van der Waals surface area contributed by atoms with Crippen molar-refractivity contribution < 1.29 is 4.79 Å². The summed E-state index contributed by atoms with van der Waals surface area (Å²) in [5.74, 6) is 0.0590. The van der Waals surface area contributed by atoms with Crippen LogP contribution in [-0.2, 0) is 11.3 Å². The highest BCUT2D eigenvalue weighted by atomic mass is 16.2. The van der Waals surface area contributed by atoms with Crippen LogP contribution in [0.25, 0.3) is 0 Å². The molecule has 4 rings (SSSR count). The molecule has 1 aromatic rings. The summed E-state index contributed by atoms with van der Waals surface area (Å²) in [4.78, 5) is 12.5. The van der Waals surface area contributed by atoms with Crippen LogP contribution in [0.2, 0.25) is 0 Å². The smallest absolute Gasteiger partial charge is 0.258 e. The van der Waals surface area contributed by atoms with Crippen LogP contribution < -0.4 is 5.73 Å². The third kappa shape index (κ3) is 1.36. The van der Waals surface area contributed by atoms with Crippen LogP contribution in [0, 0.1) is 5.41 Å². The number of nitrogens with zero attached hydrogens (tertiary/aromatic N) is 2. The standard InChI is InChI=1S/C14H17N3O/c15-12-11-4-2-1-3-10(11)7-16-8-14(5-6-14)9-17(16)13(12)18/h1-4,12H,5-9,15H2. The molecular formula is C14H17N3O. The van der Waals surface area contributed by atoms with Crippen LogP contribution in [0.3, 0.4) is 0 Å². The molecule has 2 aliphatic heterocycles. The van der Waals surface area contributed by atoms with Gasteiger partial charge in [-0.1, -0.05) is 24.3 Å². The van der Waals surface area contributed by atoms with Crippen molar-refractivity contribution in [1.82, 2.24) is 10.0 Å². The summed E-state index contributed by atoms with van der Waals surface area (Å²) in [5.41, 5.74) is 8.71. The second-order valence-electron chi connectivity index (χ2n) is 5.90. The minimum atomic E-state index is -0.500. The number of fused-ring (bicyclic) bond motifs is 2. The van der Waals surface area contributed by atoms with E-state index in [0.717, 1.165) is 25.2 Å². The molecular weight excluding hydrogens is 226 g/mol. The third-order valence-electron chi connectivity index (χ3n) is 4.57. The first-order valence-electron chi connectivity index (χ1n) is 6.58. The largest absolute Gasteiger partial charge is 0.316 e. The van der Waals surface area contributed by atoms with Gasteiger partial charge in [0, 0.05) is 25.0 Å². The van der Waals surface area contributed by atoms with Crippen LogP contribution >= 0.6 is 0 Å². The molecule has 1 saturated carbocycles. The first-order chi connectivity index (χ1) is 8.69. The normalized spacial score (nSPS) is 29.1. The molecule has 94 valence electrons. The second-order valence-corrected chi connectivity index (χ2v) is 5.90. The number of carbonyl (C=O) groups excluding carboxylic acids is 1. The lowest BCUT2D eigenvalue weighted by atomic mass is 10.00. The molecule has 1 unspecified atom stereocenters. The van der Waals surface area contributed by atoms with Crippen LogP contribution in [0.4, 0.5) is 0 Å². The first kappa shape index (κ1) is 10.5. The highest BCUT2D eigenvalue weighted by molar-refractivity contribution is 5.84. The maximum Gasteiger partial charge on any atom is 0.258 e. The number of hydrogen-bond acceptors (Lipinski definition) is 3. The monoisotopic (exact) mass is 243 g/mol. The first-order valence-corrected chi connectivity index (χ1v) is 6.58. The molecule has 3 aliphatic rings. The summed E-state index contributed by atoms with van der Waals surface area (Å²) in [6, 6.07) is 7.55. The van der Waals surface area contributed by atoms with Gasteiger partial charge in [-0.3, -0.25) is 9.80 Å². The highest BCUT2D eigenvalue weighted by Gasteiger charge is 2.54. The molecule has 2 fully saturated rings.